The van der Waals surface area contributed by atoms with Crippen molar-refractivity contribution in [3.8, 4) is 0 Å². The van der Waals surface area contributed by atoms with Gasteiger partial charge in [-0.2, -0.15) is 0 Å². The third kappa shape index (κ3) is 8.76. The van der Waals surface area contributed by atoms with Gasteiger partial charge >= 0.3 is 0 Å². The molecule has 0 bridgehead atoms. The average Bonchev–Trinajstić information content (AvgIpc) is 2.38. The number of carbonyl (C=O) groups is 1. The van der Waals surface area contributed by atoms with Crippen LogP contribution in [0, 0.1) is 6.92 Å². The van der Waals surface area contributed by atoms with E-state index in [0.29, 0.717) is 13.0 Å². The van der Waals surface area contributed by atoms with Crippen molar-refractivity contribution >= 4 is 5.91 Å². The van der Waals surface area contributed by atoms with Gasteiger partial charge in [-0.1, -0.05) is 43.7 Å². The van der Waals surface area contributed by atoms with E-state index in [4.69, 9.17) is 5.11 Å². The Balaban J connectivity index is 0.000000494. The van der Waals surface area contributed by atoms with Crippen molar-refractivity contribution in [2.75, 3.05) is 0 Å². The minimum absolute atomic E-state index is 0.0978. The lowest BCUT2D eigenvalue weighted by molar-refractivity contribution is -0.120. The molecule has 0 heterocycles. The molecule has 1 aromatic carbocycles. The fourth-order valence-corrected chi connectivity index (χ4v) is 1.03. The molecule has 0 fully saturated rings. The van der Waals surface area contributed by atoms with Crippen LogP contribution in [0.5, 0.6) is 0 Å². The van der Waals surface area contributed by atoms with Crippen molar-refractivity contribution in [3.63, 3.8) is 0 Å². The van der Waals surface area contributed by atoms with Gasteiger partial charge in [0.15, 0.2) is 0 Å². The van der Waals surface area contributed by atoms with E-state index in [2.05, 4.69) is 12.2 Å². The molecule has 0 saturated carbocycles. The number of rotatable bonds is 4. The van der Waals surface area contributed by atoms with Gasteiger partial charge in [0.2, 0.25) is 5.91 Å². The first-order chi connectivity index (χ1) is 8.49. The molecule has 0 radical (unpaired) electrons. The average molecular weight is 251 g/mol. The van der Waals surface area contributed by atoms with Crippen molar-refractivity contribution in [3.05, 3.63) is 35.4 Å². The summed E-state index contributed by atoms with van der Waals surface area (Å²) < 4.78 is 0. The van der Waals surface area contributed by atoms with Crippen LogP contribution in [0.1, 0.15) is 44.7 Å². The Labute approximate surface area is 110 Å². The van der Waals surface area contributed by atoms with Gasteiger partial charge in [-0.3, -0.25) is 4.79 Å². The molecular formula is C15H25NO2. The third-order valence-corrected chi connectivity index (χ3v) is 2.52. The van der Waals surface area contributed by atoms with E-state index < -0.39 is 0 Å². The molecule has 0 aliphatic rings. The molecule has 0 aliphatic heterocycles. The predicted molar refractivity (Wildman–Crippen MR) is 75.3 cm³/mol. The molecule has 1 aromatic rings. The number of hydrogen-bond donors (Lipinski definition) is 2. The zero-order valence-corrected chi connectivity index (χ0v) is 11.9. The first-order valence-corrected chi connectivity index (χ1v) is 6.49. The van der Waals surface area contributed by atoms with Gasteiger partial charge in [0.05, 0.1) is 6.10 Å². The smallest absolute Gasteiger partial charge is 0.219 e. The van der Waals surface area contributed by atoms with Crippen LogP contribution >= 0.6 is 0 Å². The van der Waals surface area contributed by atoms with Crippen molar-refractivity contribution < 1.29 is 9.90 Å². The van der Waals surface area contributed by atoms with Gasteiger partial charge in [0, 0.05) is 13.0 Å². The normalized spacial score (nSPS) is 11.2. The molecule has 102 valence electrons. The van der Waals surface area contributed by atoms with E-state index in [0.717, 1.165) is 12.0 Å². The van der Waals surface area contributed by atoms with Crippen LogP contribution in [0.15, 0.2) is 24.3 Å². The molecule has 1 atom stereocenters. The minimum atomic E-state index is -0.116. The van der Waals surface area contributed by atoms with Crippen molar-refractivity contribution in [1.29, 1.82) is 0 Å². The van der Waals surface area contributed by atoms with Crippen LogP contribution in [-0.4, -0.2) is 17.1 Å². The SMILES string of the molecule is CCC(=O)NCc1ccc(C)cc1.CCC(C)O. The fourth-order valence-electron chi connectivity index (χ4n) is 1.03. The lowest BCUT2D eigenvalue weighted by Gasteiger charge is -2.03. The Bertz CT molecular complexity index is 331. The molecule has 3 heteroatoms. The lowest BCUT2D eigenvalue weighted by atomic mass is 10.1. The molecule has 0 aromatic heterocycles. The largest absolute Gasteiger partial charge is 0.393 e. The number of aryl methyl sites for hydroxylation is 1. The maximum absolute atomic E-state index is 10.9. The first-order valence-electron chi connectivity index (χ1n) is 6.49. The second kappa shape index (κ2) is 9.66. The summed E-state index contributed by atoms with van der Waals surface area (Å²) in [5.41, 5.74) is 2.39. The van der Waals surface area contributed by atoms with Crippen LogP contribution in [0.3, 0.4) is 0 Å². The first kappa shape index (κ1) is 16.6. The molecule has 0 spiro atoms. The molecule has 0 saturated heterocycles. The number of benzene rings is 1. The van der Waals surface area contributed by atoms with Crippen LogP contribution in [0.25, 0.3) is 0 Å². The second-order valence-electron chi connectivity index (χ2n) is 4.37. The summed E-state index contributed by atoms with van der Waals surface area (Å²) in [6, 6.07) is 8.16. The summed E-state index contributed by atoms with van der Waals surface area (Å²) in [5, 5.41) is 11.2. The van der Waals surface area contributed by atoms with Crippen molar-refractivity contribution in [1.82, 2.24) is 5.32 Å². The Morgan fingerprint density at radius 2 is 1.78 bits per heavy atom. The van der Waals surface area contributed by atoms with Crippen LogP contribution in [0.4, 0.5) is 0 Å². The van der Waals surface area contributed by atoms with Gasteiger partial charge in [-0.15, -0.1) is 0 Å². The molecule has 1 unspecified atom stereocenters. The van der Waals surface area contributed by atoms with Crippen LogP contribution in [-0.2, 0) is 11.3 Å². The number of aliphatic hydroxyl groups is 1. The van der Waals surface area contributed by atoms with E-state index in [1.165, 1.54) is 5.56 Å². The number of aliphatic hydroxyl groups excluding tert-OH is 1. The maximum atomic E-state index is 10.9. The van der Waals surface area contributed by atoms with E-state index in [9.17, 15) is 4.79 Å². The highest BCUT2D eigenvalue weighted by Gasteiger charge is 1.96. The van der Waals surface area contributed by atoms with Crippen LogP contribution < -0.4 is 5.32 Å². The highest BCUT2D eigenvalue weighted by molar-refractivity contribution is 5.75. The second-order valence-corrected chi connectivity index (χ2v) is 4.37. The Kier molecular flexibility index (Phi) is 8.93. The summed E-state index contributed by atoms with van der Waals surface area (Å²) in [6.45, 7) is 8.26. The van der Waals surface area contributed by atoms with Gasteiger partial charge in [0.1, 0.15) is 0 Å². The zero-order valence-electron chi connectivity index (χ0n) is 11.9. The topological polar surface area (TPSA) is 49.3 Å². The number of carbonyl (C=O) groups excluding carboxylic acids is 1. The third-order valence-electron chi connectivity index (χ3n) is 2.52. The summed E-state index contributed by atoms with van der Waals surface area (Å²) in [7, 11) is 0. The number of hydrogen-bond acceptors (Lipinski definition) is 2. The summed E-state index contributed by atoms with van der Waals surface area (Å²) in [6.07, 6.45) is 1.29. The van der Waals surface area contributed by atoms with Gasteiger partial charge in [-0.25, -0.2) is 0 Å². The highest BCUT2D eigenvalue weighted by atomic mass is 16.3. The molecule has 1 rings (SSSR count). The zero-order chi connectivity index (χ0) is 14.0. The quantitative estimate of drug-likeness (QED) is 0.864. The molecule has 3 nitrogen and oxygen atoms in total. The van der Waals surface area contributed by atoms with Crippen LogP contribution in [0.2, 0.25) is 0 Å². The van der Waals surface area contributed by atoms with Crippen molar-refractivity contribution in [2.24, 2.45) is 0 Å². The lowest BCUT2D eigenvalue weighted by Crippen LogP contribution is -2.21. The standard InChI is InChI=1S/C11H15NO.C4H10O/c1-3-11(13)12-8-10-6-4-9(2)5-7-10;1-3-4(2)5/h4-7H,3,8H2,1-2H3,(H,12,13);4-5H,3H2,1-2H3. The Hall–Kier alpha value is -1.35. The fraction of sp³-hybridized carbons (Fsp3) is 0.533. The van der Waals surface area contributed by atoms with Gasteiger partial charge < -0.3 is 10.4 Å². The monoisotopic (exact) mass is 251 g/mol. The summed E-state index contributed by atoms with van der Waals surface area (Å²) >= 11 is 0. The molecule has 1 amide bonds. The summed E-state index contributed by atoms with van der Waals surface area (Å²) in [4.78, 5) is 10.9. The summed E-state index contributed by atoms with van der Waals surface area (Å²) in [5.74, 6) is 0.0978. The number of nitrogens with one attached hydrogen (secondary N) is 1. The van der Waals surface area contributed by atoms with Gasteiger partial charge in [0.25, 0.3) is 0 Å². The highest BCUT2D eigenvalue weighted by Crippen LogP contribution is 2.02. The predicted octanol–water partition coefficient (Wildman–Crippen LogP) is 2.80. The van der Waals surface area contributed by atoms with E-state index in [1.54, 1.807) is 6.92 Å². The Morgan fingerprint density at radius 3 is 2.17 bits per heavy atom. The van der Waals surface area contributed by atoms with E-state index in [1.807, 2.05) is 38.1 Å². The van der Waals surface area contributed by atoms with Gasteiger partial charge in [-0.05, 0) is 25.8 Å². The molecule has 2 N–H and O–H groups in total. The van der Waals surface area contributed by atoms with Crippen molar-refractivity contribution in [2.45, 2.75) is 53.2 Å². The maximum Gasteiger partial charge on any atom is 0.219 e. The molecule has 0 aliphatic carbocycles. The van der Waals surface area contributed by atoms with E-state index >= 15 is 0 Å². The Morgan fingerprint density at radius 1 is 1.28 bits per heavy atom. The minimum Gasteiger partial charge on any atom is -0.393 e. The molecular weight excluding hydrogens is 226 g/mol. The molecule has 18 heavy (non-hydrogen) atoms. The number of amides is 1. The van der Waals surface area contributed by atoms with E-state index in [-0.39, 0.29) is 12.0 Å².